The molecule has 1 aromatic heterocycles. The fraction of sp³-hybridized carbons (Fsp3) is 0.250. The zero-order chi connectivity index (χ0) is 13.5. The molecular weight excluding hydrogens is 254 g/mol. The van der Waals surface area contributed by atoms with Gasteiger partial charge in [-0.15, -0.1) is 17.9 Å². The van der Waals surface area contributed by atoms with Gasteiger partial charge in [-0.05, 0) is 37.2 Å². The highest BCUT2D eigenvalue weighted by Gasteiger charge is 2.04. The molecule has 0 aliphatic carbocycles. The second-order valence-corrected chi connectivity index (χ2v) is 5.54. The molecule has 0 aliphatic rings. The molecule has 0 aliphatic heterocycles. The Kier molecular flexibility index (Phi) is 5.19. The van der Waals surface area contributed by atoms with Crippen LogP contribution in [0.4, 0.5) is 0 Å². The van der Waals surface area contributed by atoms with Gasteiger partial charge in [0.15, 0.2) is 0 Å². The monoisotopic (exact) mass is 273 g/mol. The van der Waals surface area contributed by atoms with E-state index in [2.05, 4.69) is 30.1 Å². The van der Waals surface area contributed by atoms with Crippen LogP contribution in [0.2, 0.25) is 0 Å². The molecule has 19 heavy (non-hydrogen) atoms. The first-order chi connectivity index (χ1) is 9.33. The first kappa shape index (κ1) is 13.8. The summed E-state index contributed by atoms with van der Waals surface area (Å²) in [5.74, 6) is 0.950. The fourth-order valence-electron chi connectivity index (χ4n) is 1.89. The molecule has 0 saturated carbocycles. The molecule has 2 rings (SSSR count). The van der Waals surface area contributed by atoms with Gasteiger partial charge < -0.3 is 10.1 Å². The van der Waals surface area contributed by atoms with E-state index in [-0.39, 0.29) is 0 Å². The second kappa shape index (κ2) is 7.12. The number of nitrogens with one attached hydrogen (secondary N) is 1. The SMILES string of the molecule is C=CCc1ccccc1OCc1ccc(CNC)s1. The zero-order valence-electron chi connectivity index (χ0n) is 11.2. The molecule has 0 bridgehead atoms. The van der Waals surface area contributed by atoms with E-state index in [1.807, 2.05) is 31.3 Å². The first-order valence-corrected chi connectivity index (χ1v) is 7.19. The molecule has 0 saturated heterocycles. The Labute approximate surface area is 118 Å². The minimum atomic E-state index is 0.628. The number of rotatable bonds is 7. The Hall–Kier alpha value is -1.58. The molecule has 0 radical (unpaired) electrons. The summed E-state index contributed by atoms with van der Waals surface area (Å²) in [6, 6.07) is 12.4. The summed E-state index contributed by atoms with van der Waals surface area (Å²) in [6.07, 6.45) is 2.74. The van der Waals surface area contributed by atoms with Crippen molar-refractivity contribution in [2.24, 2.45) is 0 Å². The highest BCUT2D eigenvalue weighted by molar-refractivity contribution is 7.11. The van der Waals surface area contributed by atoms with Gasteiger partial charge in [-0.1, -0.05) is 24.3 Å². The second-order valence-electron chi connectivity index (χ2n) is 4.29. The summed E-state index contributed by atoms with van der Waals surface area (Å²) in [4.78, 5) is 2.58. The number of allylic oxidation sites excluding steroid dienone is 1. The van der Waals surface area contributed by atoms with Gasteiger partial charge in [0.25, 0.3) is 0 Å². The van der Waals surface area contributed by atoms with Crippen LogP contribution in [0.5, 0.6) is 5.75 Å². The zero-order valence-corrected chi connectivity index (χ0v) is 12.0. The number of hydrogen-bond donors (Lipinski definition) is 1. The van der Waals surface area contributed by atoms with Crippen molar-refractivity contribution in [1.29, 1.82) is 0 Å². The molecule has 0 unspecified atom stereocenters. The normalized spacial score (nSPS) is 10.4. The number of thiophene rings is 1. The standard InChI is InChI=1S/C16H19NOS/c1-3-6-13-7-4-5-8-16(13)18-12-15-10-9-14(19-15)11-17-2/h3-5,7-10,17H,1,6,11-12H2,2H3. The van der Waals surface area contributed by atoms with Gasteiger partial charge >= 0.3 is 0 Å². The predicted octanol–water partition coefficient (Wildman–Crippen LogP) is 3.78. The summed E-state index contributed by atoms with van der Waals surface area (Å²) < 4.78 is 5.91. The Morgan fingerprint density at radius 3 is 2.79 bits per heavy atom. The molecule has 1 N–H and O–H groups in total. The molecule has 1 heterocycles. The Bertz CT molecular complexity index is 533. The van der Waals surface area contributed by atoms with Crippen LogP contribution in [0, 0.1) is 0 Å². The lowest BCUT2D eigenvalue weighted by molar-refractivity contribution is 0.307. The third-order valence-corrected chi connectivity index (χ3v) is 3.83. The van der Waals surface area contributed by atoms with Crippen molar-refractivity contribution in [3.63, 3.8) is 0 Å². The molecule has 0 atom stereocenters. The van der Waals surface area contributed by atoms with Crippen molar-refractivity contribution in [2.75, 3.05) is 7.05 Å². The van der Waals surface area contributed by atoms with E-state index in [1.165, 1.54) is 15.3 Å². The van der Waals surface area contributed by atoms with Crippen LogP contribution in [-0.4, -0.2) is 7.05 Å². The van der Waals surface area contributed by atoms with Gasteiger partial charge in [0.1, 0.15) is 12.4 Å². The van der Waals surface area contributed by atoms with E-state index in [4.69, 9.17) is 4.74 Å². The van der Waals surface area contributed by atoms with Crippen LogP contribution < -0.4 is 10.1 Å². The van der Waals surface area contributed by atoms with Crippen molar-refractivity contribution in [2.45, 2.75) is 19.6 Å². The van der Waals surface area contributed by atoms with Crippen molar-refractivity contribution in [1.82, 2.24) is 5.32 Å². The van der Waals surface area contributed by atoms with Gasteiger partial charge in [0.2, 0.25) is 0 Å². The van der Waals surface area contributed by atoms with Crippen LogP contribution in [0.3, 0.4) is 0 Å². The molecule has 2 nitrogen and oxygen atoms in total. The highest BCUT2D eigenvalue weighted by Crippen LogP contribution is 2.22. The molecule has 3 heteroatoms. The topological polar surface area (TPSA) is 21.3 Å². The van der Waals surface area contributed by atoms with Gasteiger partial charge in [0.05, 0.1) is 0 Å². The summed E-state index contributed by atoms with van der Waals surface area (Å²) >= 11 is 1.79. The summed E-state index contributed by atoms with van der Waals surface area (Å²) in [5, 5.41) is 3.16. The number of benzene rings is 1. The lowest BCUT2D eigenvalue weighted by Gasteiger charge is -2.09. The van der Waals surface area contributed by atoms with Gasteiger partial charge in [-0.25, -0.2) is 0 Å². The van der Waals surface area contributed by atoms with Crippen LogP contribution in [0.1, 0.15) is 15.3 Å². The summed E-state index contributed by atoms with van der Waals surface area (Å²) in [5.41, 5.74) is 1.18. The maximum atomic E-state index is 5.91. The van der Waals surface area contributed by atoms with E-state index in [0.29, 0.717) is 6.61 Å². The number of para-hydroxylation sites is 1. The minimum Gasteiger partial charge on any atom is -0.488 e. The molecular formula is C16H19NOS. The van der Waals surface area contributed by atoms with E-state index in [1.54, 1.807) is 11.3 Å². The fourth-order valence-corrected chi connectivity index (χ4v) is 2.83. The van der Waals surface area contributed by atoms with Gasteiger partial charge in [-0.2, -0.15) is 0 Å². The van der Waals surface area contributed by atoms with Crippen LogP contribution in [-0.2, 0) is 19.6 Å². The minimum absolute atomic E-state index is 0.628. The quantitative estimate of drug-likeness (QED) is 0.775. The van der Waals surface area contributed by atoms with Crippen LogP contribution in [0.25, 0.3) is 0 Å². The Morgan fingerprint density at radius 1 is 1.21 bits per heavy atom. The lowest BCUT2D eigenvalue weighted by atomic mass is 10.1. The van der Waals surface area contributed by atoms with Gasteiger partial charge in [0, 0.05) is 16.3 Å². The van der Waals surface area contributed by atoms with E-state index in [0.717, 1.165) is 18.7 Å². The molecule has 1 aromatic carbocycles. The van der Waals surface area contributed by atoms with Crippen LogP contribution >= 0.6 is 11.3 Å². The average molecular weight is 273 g/mol. The molecule has 2 aromatic rings. The molecule has 0 spiro atoms. The van der Waals surface area contributed by atoms with Crippen LogP contribution in [0.15, 0.2) is 49.1 Å². The Balaban J connectivity index is 1.99. The summed E-state index contributed by atoms with van der Waals surface area (Å²) in [7, 11) is 1.96. The highest BCUT2D eigenvalue weighted by atomic mass is 32.1. The smallest absolute Gasteiger partial charge is 0.123 e. The predicted molar refractivity (Wildman–Crippen MR) is 81.8 cm³/mol. The molecule has 100 valence electrons. The Morgan fingerprint density at radius 2 is 2.00 bits per heavy atom. The van der Waals surface area contributed by atoms with E-state index in [9.17, 15) is 0 Å². The number of ether oxygens (including phenoxy) is 1. The maximum Gasteiger partial charge on any atom is 0.123 e. The van der Waals surface area contributed by atoms with Crippen molar-refractivity contribution in [3.05, 3.63) is 64.4 Å². The van der Waals surface area contributed by atoms with Gasteiger partial charge in [-0.3, -0.25) is 0 Å². The molecule has 0 amide bonds. The van der Waals surface area contributed by atoms with Crippen molar-refractivity contribution < 1.29 is 4.74 Å². The third-order valence-electron chi connectivity index (χ3n) is 2.78. The number of hydrogen-bond acceptors (Lipinski definition) is 3. The lowest BCUT2D eigenvalue weighted by Crippen LogP contribution is -2.02. The summed E-state index contributed by atoms with van der Waals surface area (Å²) in [6.45, 7) is 5.32. The van der Waals surface area contributed by atoms with E-state index < -0.39 is 0 Å². The molecule has 0 fully saturated rings. The first-order valence-electron chi connectivity index (χ1n) is 6.37. The average Bonchev–Trinajstić information content (AvgIpc) is 2.86. The largest absolute Gasteiger partial charge is 0.488 e. The van der Waals surface area contributed by atoms with Crippen molar-refractivity contribution >= 4 is 11.3 Å². The van der Waals surface area contributed by atoms with E-state index >= 15 is 0 Å². The third kappa shape index (κ3) is 3.94. The van der Waals surface area contributed by atoms with Crippen molar-refractivity contribution in [3.8, 4) is 5.75 Å². The maximum absolute atomic E-state index is 5.91.